The van der Waals surface area contributed by atoms with Gasteiger partial charge in [0.2, 0.25) is 0 Å². The summed E-state index contributed by atoms with van der Waals surface area (Å²) in [7, 11) is 1.11. The molecule has 0 unspecified atom stereocenters. The molecule has 0 bridgehead atoms. The first-order valence-corrected chi connectivity index (χ1v) is 5.84. The monoisotopic (exact) mass is 292 g/mol. The van der Waals surface area contributed by atoms with Crippen molar-refractivity contribution < 1.29 is 28.2 Å². The van der Waals surface area contributed by atoms with Crippen LogP contribution in [-0.2, 0) is 4.74 Å². The zero-order valence-corrected chi connectivity index (χ0v) is 10.9. The number of ether oxygens (including phenoxy) is 1. The maximum absolute atomic E-state index is 13.5. The van der Waals surface area contributed by atoms with Crippen LogP contribution in [0.1, 0.15) is 20.7 Å². The second kappa shape index (κ2) is 5.70. The minimum Gasteiger partial charge on any atom is -0.478 e. The number of carbonyl (C=O) groups excluding carboxylic acids is 1. The molecule has 0 amide bonds. The van der Waals surface area contributed by atoms with Crippen molar-refractivity contribution in [3.8, 4) is 11.1 Å². The fourth-order valence-electron chi connectivity index (χ4n) is 1.85. The van der Waals surface area contributed by atoms with E-state index in [2.05, 4.69) is 4.74 Å². The van der Waals surface area contributed by atoms with Gasteiger partial charge in [0, 0.05) is 0 Å². The lowest BCUT2D eigenvalue weighted by molar-refractivity contribution is 0.0594. The Bertz CT molecular complexity index is 726. The highest BCUT2D eigenvalue weighted by molar-refractivity contribution is 5.92. The molecule has 0 heterocycles. The van der Waals surface area contributed by atoms with E-state index in [1.807, 2.05) is 0 Å². The van der Waals surface area contributed by atoms with Gasteiger partial charge in [0.25, 0.3) is 0 Å². The Morgan fingerprint density at radius 3 is 2.38 bits per heavy atom. The second-order valence-electron chi connectivity index (χ2n) is 4.22. The van der Waals surface area contributed by atoms with Crippen molar-refractivity contribution in [2.45, 2.75) is 0 Å². The molecule has 6 heteroatoms. The Kier molecular flexibility index (Phi) is 3.98. The molecule has 108 valence electrons. The molecule has 0 spiro atoms. The smallest absolute Gasteiger partial charge is 0.340 e. The van der Waals surface area contributed by atoms with Crippen LogP contribution in [-0.4, -0.2) is 24.2 Å². The number of rotatable bonds is 3. The van der Waals surface area contributed by atoms with Gasteiger partial charge >= 0.3 is 11.9 Å². The van der Waals surface area contributed by atoms with Gasteiger partial charge in [0.1, 0.15) is 11.6 Å². The van der Waals surface area contributed by atoms with E-state index in [9.17, 15) is 18.4 Å². The van der Waals surface area contributed by atoms with Crippen LogP contribution in [0.2, 0.25) is 0 Å². The SMILES string of the molecule is COC(=O)c1cc(-c2cc(F)cc(C(=O)O)c2)ccc1F. The van der Waals surface area contributed by atoms with Crippen LogP contribution in [0, 0.1) is 11.6 Å². The number of aromatic carboxylic acids is 1. The molecule has 2 aromatic carbocycles. The van der Waals surface area contributed by atoms with Gasteiger partial charge < -0.3 is 9.84 Å². The fraction of sp³-hybridized carbons (Fsp3) is 0.0667. The predicted molar refractivity (Wildman–Crippen MR) is 70.1 cm³/mol. The van der Waals surface area contributed by atoms with Crippen LogP contribution in [0.3, 0.4) is 0 Å². The minimum atomic E-state index is -1.29. The van der Waals surface area contributed by atoms with Gasteiger partial charge in [0.15, 0.2) is 0 Å². The molecule has 2 rings (SSSR count). The third-order valence-corrected chi connectivity index (χ3v) is 2.85. The Hall–Kier alpha value is -2.76. The van der Waals surface area contributed by atoms with E-state index in [0.717, 1.165) is 25.3 Å². The summed E-state index contributed by atoms with van der Waals surface area (Å²) in [6.45, 7) is 0. The first-order valence-electron chi connectivity index (χ1n) is 5.84. The van der Waals surface area contributed by atoms with Crippen LogP contribution < -0.4 is 0 Å². The van der Waals surface area contributed by atoms with Crippen molar-refractivity contribution >= 4 is 11.9 Å². The van der Waals surface area contributed by atoms with Crippen molar-refractivity contribution in [1.29, 1.82) is 0 Å². The number of methoxy groups -OCH3 is 1. The highest BCUT2D eigenvalue weighted by atomic mass is 19.1. The summed E-state index contributed by atoms with van der Waals surface area (Å²) in [6.07, 6.45) is 0. The third-order valence-electron chi connectivity index (χ3n) is 2.85. The molecule has 0 radical (unpaired) electrons. The largest absolute Gasteiger partial charge is 0.478 e. The van der Waals surface area contributed by atoms with Crippen molar-refractivity contribution in [1.82, 2.24) is 0 Å². The molecule has 0 fully saturated rings. The maximum atomic E-state index is 13.5. The lowest BCUT2D eigenvalue weighted by Gasteiger charge is -2.07. The first kappa shape index (κ1) is 14.6. The quantitative estimate of drug-likeness (QED) is 0.883. The lowest BCUT2D eigenvalue weighted by atomic mass is 10.0. The average Bonchev–Trinajstić information content (AvgIpc) is 2.46. The standard InChI is InChI=1S/C15H10F2O4/c1-21-15(20)12-7-8(2-3-13(12)17)9-4-10(14(18)19)6-11(16)5-9/h2-7H,1H3,(H,18,19). The van der Waals surface area contributed by atoms with Gasteiger partial charge in [-0.1, -0.05) is 6.07 Å². The number of esters is 1. The summed E-state index contributed by atoms with van der Waals surface area (Å²) in [6, 6.07) is 6.74. The van der Waals surface area contributed by atoms with Gasteiger partial charge in [-0.3, -0.25) is 0 Å². The van der Waals surface area contributed by atoms with E-state index < -0.39 is 23.6 Å². The number of hydrogen-bond acceptors (Lipinski definition) is 3. The zero-order chi connectivity index (χ0) is 15.6. The van der Waals surface area contributed by atoms with E-state index in [1.165, 1.54) is 18.2 Å². The summed E-state index contributed by atoms with van der Waals surface area (Å²) in [4.78, 5) is 22.3. The predicted octanol–water partition coefficient (Wildman–Crippen LogP) is 3.12. The summed E-state index contributed by atoms with van der Waals surface area (Å²) in [5.74, 6) is -3.68. The molecular formula is C15H10F2O4. The zero-order valence-electron chi connectivity index (χ0n) is 10.9. The van der Waals surface area contributed by atoms with Gasteiger partial charge in [0.05, 0.1) is 18.2 Å². The minimum absolute atomic E-state index is 0.220. The molecule has 0 saturated carbocycles. The van der Waals surface area contributed by atoms with E-state index in [0.29, 0.717) is 5.56 Å². The van der Waals surface area contributed by atoms with Crippen molar-refractivity contribution in [2.75, 3.05) is 7.11 Å². The van der Waals surface area contributed by atoms with Crippen LogP contribution >= 0.6 is 0 Å². The fourth-order valence-corrected chi connectivity index (χ4v) is 1.85. The topological polar surface area (TPSA) is 63.6 Å². The van der Waals surface area contributed by atoms with Crippen LogP contribution in [0.5, 0.6) is 0 Å². The highest BCUT2D eigenvalue weighted by Gasteiger charge is 2.15. The number of halogens is 2. The molecule has 0 aliphatic carbocycles. The number of carbonyl (C=O) groups is 2. The number of benzene rings is 2. The molecule has 0 atom stereocenters. The maximum Gasteiger partial charge on any atom is 0.340 e. The van der Waals surface area contributed by atoms with E-state index in [4.69, 9.17) is 5.11 Å². The Labute approximate surface area is 118 Å². The molecule has 0 aliphatic heterocycles. The molecular weight excluding hydrogens is 282 g/mol. The summed E-state index contributed by atoms with van der Waals surface area (Å²) >= 11 is 0. The van der Waals surface area contributed by atoms with E-state index in [1.54, 1.807) is 0 Å². The molecule has 0 aromatic heterocycles. The van der Waals surface area contributed by atoms with Gasteiger partial charge in [-0.2, -0.15) is 0 Å². The van der Waals surface area contributed by atoms with Crippen molar-refractivity contribution in [2.24, 2.45) is 0 Å². The van der Waals surface area contributed by atoms with Crippen LogP contribution in [0.4, 0.5) is 8.78 Å². The summed E-state index contributed by atoms with van der Waals surface area (Å²) in [5.41, 5.74) is -0.0265. The summed E-state index contributed by atoms with van der Waals surface area (Å²) < 4.78 is 31.4. The van der Waals surface area contributed by atoms with Gasteiger partial charge in [-0.15, -0.1) is 0 Å². The average molecular weight is 292 g/mol. The summed E-state index contributed by atoms with van der Waals surface area (Å²) in [5, 5.41) is 8.90. The van der Waals surface area contributed by atoms with E-state index in [-0.39, 0.29) is 16.7 Å². The number of hydrogen-bond donors (Lipinski definition) is 1. The Balaban J connectivity index is 2.57. The molecule has 1 N–H and O–H groups in total. The van der Waals surface area contributed by atoms with Gasteiger partial charge in [-0.05, 0) is 41.5 Å². The van der Waals surface area contributed by atoms with Crippen LogP contribution in [0.25, 0.3) is 11.1 Å². The van der Waals surface area contributed by atoms with Crippen molar-refractivity contribution in [3.05, 3.63) is 59.2 Å². The first-order chi connectivity index (χ1) is 9.92. The molecule has 0 saturated heterocycles. The Morgan fingerprint density at radius 2 is 1.76 bits per heavy atom. The third kappa shape index (κ3) is 3.05. The van der Waals surface area contributed by atoms with Crippen LogP contribution in [0.15, 0.2) is 36.4 Å². The van der Waals surface area contributed by atoms with E-state index >= 15 is 0 Å². The second-order valence-corrected chi connectivity index (χ2v) is 4.22. The number of carboxylic acids is 1. The number of carboxylic acid groups (broad SMARTS) is 1. The molecule has 2 aromatic rings. The lowest BCUT2D eigenvalue weighted by Crippen LogP contribution is -2.04. The Morgan fingerprint density at radius 1 is 1.05 bits per heavy atom. The molecule has 4 nitrogen and oxygen atoms in total. The highest BCUT2D eigenvalue weighted by Crippen LogP contribution is 2.25. The molecule has 21 heavy (non-hydrogen) atoms. The normalized spacial score (nSPS) is 10.2. The van der Waals surface area contributed by atoms with Crippen molar-refractivity contribution in [3.63, 3.8) is 0 Å². The van der Waals surface area contributed by atoms with Gasteiger partial charge in [-0.25, -0.2) is 18.4 Å². The molecule has 0 aliphatic rings.